The maximum Gasteiger partial charge on any atom is 0.424 e. The molecule has 0 fully saturated rings. The number of nitrogens with zero attached hydrogens (tertiary/aromatic N) is 1. The highest BCUT2D eigenvalue weighted by molar-refractivity contribution is 7.18. The summed E-state index contributed by atoms with van der Waals surface area (Å²) in [5.74, 6) is -1.28. The van der Waals surface area contributed by atoms with Crippen LogP contribution in [0.3, 0.4) is 0 Å². The Morgan fingerprint density at radius 1 is 0.786 bits per heavy atom. The number of rotatable bonds is 2. The van der Waals surface area contributed by atoms with E-state index in [2.05, 4.69) is 4.98 Å². The van der Waals surface area contributed by atoms with E-state index < -0.39 is 17.7 Å². The molecule has 5 rings (SSSR count). The molecule has 1 atom stereocenters. The fraction of sp³-hybridized carbons (Fsp3) is 0.136. The van der Waals surface area contributed by atoms with Crippen LogP contribution in [0.25, 0.3) is 21.3 Å². The van der Waals surface area contributed by atoms with Crippen molar-refractivity contribution in [1.82, 2.24) is 4.98 Å². The highest BCUT2D eigenvalue weighted by atomic mass is 32.1. The van der Waals surface area contributed by atoms with Crippen molar-refractivity contribution in [2.45, 2.75) is 17.7 Å². The van der Waals surface area contributed by atoms with E-state index >= 15 is 0 Å². The maximum atomic E-state index is 14.5. The van der Waals surface area contributed by atoms with E-state index in [0.29, 0.717) is 32.5 Å². The Hall–Kier alpha value is -2.70. The summed E-state index contributed by atoms with van der Waals surface area (Å²) in [6.45, 7) is 0. The second-order valence-corrected chi connectivity index (χ2v) is 7.89. The Labute approximate surface area is 162 Å². The molecule has 0 amide bonds. The summed E-state index contributed by atoms with van der Waals surface area (Å²) in [5.41, 5.74) is -0.326. The van der Waals surface area contributed by atoms with Gasteiger partial charge in [0.25, 0.3) is 0 Å². The number of halogens is 3. The molecule has 1 aliphatic rings. The van der Waals surface area contributed by atoms with Crippen molar-refractivity contribution < 1.29 is 18.3 Å². The van der Waals surface area contributed by atoms with Crippen LogP contribution in [-0.2, 0) is 5.60 Å². The zero-order valence-electron chi connectivity index (χ0n) is 14.4. The Kier molecular flexibility index (Phi) is 3.66. The average Bonchev–Trinajstić information content (AvgIpc) is 3.26. The second kappa shape index (κ2) is 5.90. The predicted octanol–water partition coefficient (Wildman–Crippen LogP) is 5.86. The molecule has 1 aliphatic carbocycles. The quantitative estimate of drug-likeness (QED) is 0.460. The molecule has 3 aromatic carbocycles. The standard InChI is InChI=1S/C22H14F3NOS/c23-22(24,25)21(27,20-26-17-11-5-6-12-18(17)28-20)19-15-9-3-1-7-13(15)14-8-2-4-10-16(14)19/h1-12,19,27H. The number of aromatic nitrogens is 1. The molecule has 140 valence electrons. The van der Waals surface area contributed by atoms with Gasteiger partial charge >= 0.3 is 6.18 Å². The average molecular weight is 397 g/mol. The van der Waals surface area contributed by atoms with Gasteiger partial charge in [0.15, 0.2) is 0 Å². The highest BCUT2D eigenvalue weighted by Crippen LogP contribution is 2.58. The third-order valence-electron chi connectivity index (χ3n) is 5.30. The van der Waals surface area contributed by atoms with E-state index in [-0.39, 0.29) is 5.01 Å². The molecule has 6 heteroatoms. The van der Waals surface area contributed by atoms with Crippen molar-refractivity contribution in [3.63, 3.8) is 0 Å². The largest absolute Gasteiger partial charge is 0.424 e. The molecule has 1 heterocycles. The van der Waals surface area contributed by atoms with Gasteiger partial charge in [0.05, 0.1) is 16.1 Å². The molecule has 0 bridgehead atoms. The van der Waals surface area contributed by atoms with Gasteiger partial charge in [-0.25, -0.2) is 4.98 Å². The Bertz CT molecular complexity index is 1120. The third-order valence-corrected chi connectivity index (χ3v) is 6.46. The number of para-hydroxylation sites is 1. The smallest absolute Gasteiger partial charge is 0.374 e. The van der Waals surface area contributed by atoms with Crippen LogP contribution in [0.15, 0.2) is 72.8 Å². The first-order valence-electron chi connectivity index (χ1n) is 8.74. The molecule has 4 aromatic rings. The van der Waals surface area contributed by atoms with Gasteiger partial charge < -0.3 is 5.11 Å². The first-order chi connectivity index (χ1) is 13.4. The molecule has 0 saturated carbocycles. The van der Waals surface area contributed by atoms with Gasteiger partial charge in [-0.2, -0.15) is 13.2 Å². The number of aliphatic hydroxyl groups is 1. The first kappa shape index (κ1) is 17.4. The Morgan fingerprint density at radius 3 is 1.89 bits per heavy atom. The number of hydrogen-bond acceptors (Lipinski definition) is 3. The van der Waals surface area contributed by atoms with E-state index in [1.165, 1.54) is 0 Å². The molecular weight excluding hydrogens is 383 g/mol. The van der Waals surface area contributed by atoms with Gasteiger partial charge in [-0.05, 0) is 34.4 Å². The van der Waals surface area contributed by atoms with Crippen LogP contribution in [0.2, 0.25) is 0 Å². The van der Waals surface area contributed by atoms with Crippen LogP contribution < -0.4 is 0 Å². The molecule has 0 aliphatic heterocycles. The minimum Gasteiger partial charge on any atom is -0.374 e. The van der Waals surface area contributed by atoms with E-state index in [0.717, 1.165) is 11.3 Å². The summed E-state index contributed by atoms with van der Waals surface area (Å²) in [6, 6.07) is 20.7. The van der Waals surface area contributed by atoms with Crippen LogP contribution in [0.1, 0.15) is 22.1 Å². The summed E-state index contributed by atoms with van der Waals surface area (Å²) in [6.07, 6.45) is -4.91. The van der Waals surface area contributed by atoms with Crippen molar-refractivity contribution in [2.75, 3.05) is 0 Å². The monoisotopic (exact) mass is 397 g/mol. The topological polar surface area (TPSA) is 33.1 Å². The van der Waals surface area contributed by atoms with E-state index in [9.17, 15) is 18.3 Å². The molecule has 28 heavy (non-hydrogen) atoms. The van der Waals surface area contributed by atoms with Gasteiger partial charge in [-0.1, -0.05) is 60.7 Å². The van der Waals surface area contributed by atoms with Gasteiger partial charge in [-0.3, -0.25) is 0 Å². The lowest BCUT2D eigenvalue weighted by Gasteiger charge is -2.35. The second-order valence-electron chi connectivity index (χ2n) is 6.86. The van der Waals surface area contributed by atoms with Gasteiger partial charge in [-0.15, -0.1) is 11.3 Å². The Balaban J connectivity index is 1.82. The van der Waals surface area contributed by atoms with Crippen molar-refractivity contribution in [2.24, 2.45) is 0 Å². The normalized spacial score (nSPS) is 16.0. The van der Waals surface area contributed by atoms with Gasteiger partial charge in [0, 0.05) is 0 Å². The van der Waals surface area contributed by atoms with Gasteiger partial charge in [0.1, 0.15) is 5.01 Å². The van der Waals surface area contributed by atoms with Crippen LogP contribution >= 0.6 is 11.3 Å². The lowest BCUT2D eigenvalue weighted by Crippen LogP contribution is -2.47. The fourth-order valence-corrected chi connectivity index (χ4v) is 5.16. The molecule has 1 N–H and O–H groups in total. The molecule has 1 aromatic heterocycles. The summed E-state index contributed by atoms with van der Waals surface area (Å²) in [7, 11) is 0. The molecular formula is C22H14F3NOS. The van der Waals surface area contributed by atoms with Crippen molar-refractivity contribution in [1.29, 1.82) is 0 Å². The highest BCUT2D eigenvalue weighted by Gasteiger charge is 2.64. The zero-order valence-corrected chi connectivity index (χ0v) is 15.3. The number of hydrogen-bond donors (Lipinski definition) is 1. The van der Waals surface area contributed by atoms with E-state index in [4.69, 9.17) is 0 Å². The number of alkyl halides is 3. The fourth-order valence-electron chi connectivity index (χ4n) is 4.05. The number of fused-ring (bicyclic) bond motifs is 4. The van der Waals surface area contributed by atoms with Crippen LogP contribution in [0, 0.1) is 0 Å². The lowest BCUT2D eigenvalue weighted by atomic mass is 9.80. The molecule has 0 spiro atoms. The lowest BCUT2D eigenvalue weighted by molar-refractivity contribution is -0.272. The van der Waals surface area contributed by atoms with Crippen LogP contribution in [-0.4, -0.2) is 16.3 Å². The molecule has 2 nitrogen and oxygen atoms in total. The minimum absolute atomic E-state index is 0.335. The predicted molar refractivity (Wildman–Crippen MR) is 103 cm³/mol. The minimum atomic E-state index is -4.91. The van der Waals surface area contributed by atoms with E-state index in [1.807, 2.05) is 0 Å². The summed E-state index contributed by atoms with van der Waals surface area (Å²) in [5, 5.41) is 11.0. The van der Waals surface area contributed by atoms with Crippen molar-refractivity contribution in [3.05, 3.63) is 88.9 Å². The van der Waals surface area contributed by atoms with Gasteiger partial charge in [0.2, 0.25) is 5.60 Å². The summed E-state index contributed by atoms with van der Waals surface area (Å²) < 4.78 is 44.0. The summed E-state index contributed by atoms with van der Waals surface area (Å²) in [4.78, 5) is 4.19. The summed E-state index contributed by atoms with van der Waals surface area (Å²) >= 11 is 0.886. The number of benzene rings is 3. The third kappa shape index (κ3) is 2.28. The number of thiazole rings is 1. The maximum absolute atomic E-state index is 14.5. The molecule has 0 radical (unpaired) electrons. The zero-order chi connectivity index (χ0) is 19.5. The SMILES string of the molecule is OC(c1nc2ccccc2s1)(C1c2ccccc2-c2ccccc21)C(F)(F)F. The molecule has 1 unspecified atom stereocenters. The van der Waals surface area contributed by atoms with Crippen molar-refractivity contribution >= 4 is 21.6 Å². The van der Waals surface area contributed by atoms with Crippen LogP contribution in [0.4, 0.5) is 13.2 Å². The molecule has 0 saturated heterocycles. The van der Waals surface area contributed by atoms with Crippen molar-refractivity contribution in [3.8, 4) is 11.1 Å². The van der Waals surface area contributed by atoms with E-state index in [1.54, 1.807) is 72.8 Å². The first-order valence-corrected chi connectivity index (χ1v) is 9.56. The van der Waals surface area contributed by atoms with Crippen LogP contribution in [0.5, 0.6) is 0 Å². The Morgan fingerprint density at radius 2 is 1.32 bits per heavy atom.